The van der Waals surface area contributed by atoms with Gasteiger partial charge in [0.25, 0.3) is 0 Å². The lowest BCUT2D eigenvalue weighted by Gasteiger charge is -2.21. The number of aromatic nitrogens is 1. The van der Waals surface area contributed by atoms with Crippen molar-refractivity contribution >= 4 is 17.8 Å². The van der Waals surface area contributed by atoms with Crippen LogP contribution < -0.4 is 15.3 Å². The molecule has 1 aromatic heterocycles. The molecule has 3 rings (SSSR count). The Labute approximate surface area is 142 Å². The molecule has 4 heteroatoms. The maximum Gasteiger partial charge on any atom is 0.147 e. The SMILES string of the molecule is COc1ccccc1[P@](=O)(CCc1ccccn1)c1ccccc1. The van der Waals surface area contributed by atoms with Crippen LogP contribution in [0.5, 0.6) is 5.75 Å². The Kier molecular flexibility index (Phi) is 5.12. The standard InChI is InChI=1S/C20H20NO2P/c1-23-19-12-5-6-13-20(19)24(22,18-10-3-2-4-11-18)16-14-17-9-7-8-15-21-17/h2-13,15H,14,16H2,1H3/t24-/m0/s1. The van der Waals surface area contributed by atoms with Gasteiger partial charge in [-0.15, -0.1) is 0 Å². The molecule has 0 radical (unpaired) electrons. The Balaban J connectivity index is 2.03. The van der Waals surface area contributed by atoms with Gasteiger partial charge in [-0.05, 0) is 30.7 Å². The lowest BCUT2D eigenvalue weighted by atomic mass is 10.3. The molecule has 1 heterocycles. The Bertz CT molecular complexity index is 835. The maximum absolute atomic E-state index is 14.1. The summed E-state index contributed by atoms with van der Waals surface area (Å²) >= 11 is 0. The zero-order valence-corrected chi connectivity index (χ0v) is 14.5. The number of hydrogen-bond acceptors (Lipinski definition) is 3. The average Bonchev–Trinajstić information content (AvgIpc) is 2.67. The molecule has 1 atom stereocenters. The molecular weight excluding hydrogens is 317 g/mol. The summed E-state index contributed by atoms with van der Waals surface area (Å²) in [5.41, 5.74) is 0.948. The predicted molar refractivity (Wildman–Crippen MR) is 99.1 cm³/mol. The van der Waals surface area contributed by atoms with E-state index in [0.29, 0.717) is 18.3 Å². The maximum atomic E-state index is 14.1. The van der Waals surface area contributed by atoms with Crippen LogP contribution in [0.1, 0.15) is 5.69 Å². The zero-order chi connectivity index (χ0) is 16.8. The third-order valence-corrected chi connectivity index (χ3v) is 7.19. The van der Waals surface area contributed by atoms with E-state index in [1.807, 2.05) is 72.8 Å². The highest BCUT2D eigenvalue weighted by Crippen LogP contribution is 2.46. The van der Waals surface area contributed by atoms with Crippen LogP contribution in [0.4, 0.5) is 0 Å². The van der Waals surface area contributed by atoms with E-state index in [4.69, 9.17) is 4.74 Å². The normalized spacial score (nSPS) is 13.2. The minimum absolute atomic E-state index is 0.522. The van der Waals surface area contributed by atoms with E-state index < -0.39 is 7.14 Å². The van der Waals surface area contributed by atoms with Gasteiger partial charge in [0.05, 0.1) is 12.4 Å². The molecule has 2 aromatic carbocycles. The van der Waals surface area contributed by atoms with E-state index in [9.17, 15) is 4.57 Å². The van der Waals surface area contributed by atoms with Gasteiger partial charge in [-0.1, -0.05) is 48.5 Å². The molecule has 0 saturated carbocycles. The minimum atomic E-state index is -2.81. The van der Waals surface area contributed by atoms with Crippen molar-refractivity contribution in [3.05, 3.63) is 84.7 Å². The van der Waals surface area contributed by atoms with Gasteiger partial charge >= 0.3 is 0 Å². The van der Waals surface area contributed by atoms with Crippen molar-refractivity contribution in [2.24, 2.45) is 0 Å². The zero-order valence-electron chi connectivity index (χ0n) is 13.6. The van der Waals surface area contributed by atoms with Crippen LogP contribution in [-0.4, -0.2) is 18.3 Å². The number of para-hydroxylation sites is 1. The van der Waals surface area contributed by atoms with Gasteiger partial charge in [0, 0.05) is 23.4 Å². The second kappa shape index (κ2) is 7.46. The van der Waals surface area contributed by atoms with Crippen molar-refractivity contribution in [3.63, 3.8) is 0 Å². The lowest BCUT2D eigenvalue weighted by Crippen LogP contribution is -2.21. The molecule has 0 bridgehead atoms. The number of aryl methyl sites for hydroxylation is 1. The van der Waals surface area contributed by atoms with Gasteiger partial charge < -0.3 is 9.30 Å². The molecule has 0 spiro atoms. The van der Waals surface area contributed by atoms with Gasteiger partial charge in [-0.2, -0.15) is 0 Å². The third-order valence-electron chi connectivity index (χ3n) is 4.06. The van der Waals surface area contributed by atoms with Gasteiger partial charge in [-0.3, -0.25) is 4.98 Å². The van der Waals surface area contributed by atoms with Crippen LogP contribution in [0.2, 0.25) is 0 Å². The number of nitrogens with zero attached hydrogens (tertiary/aromatic N) is 1. The van der Waals surface area contributed by atoms with Crippen molar-refractivity contribution in [1.29, 1.82) is 0 Å². The molecule has 0 saturated heterocycles. The summed E-state index contributed by atoms with van der Waals surface area (Å²) in [7, 11) is -1.19. The second-order valence-electron chi connectivity index (χ2n) is 5.54. The first-order valence-electron chi connectivity index (χ1n) is 7.92. The molecule has 0 aliphatic carbocycles. The molecular formula is C20H20NO2P. The van der Waals surface area contributed by atoms with Crippen molar-refractivity contribution in [3.8, 4) is 5.75 Å². The van der Waals surface area contributed by atoms with Gasteiger partial charge in [0.1, 0.15) is 12.9 Å². The smallest absolute Gasteiger partial charge is 0.147 e. The molecule has 24 heavy (non-hydrogen) atoms. The van der Waals surface area contributed by atoms with E-state index in [1.165, 1.54) is 0 Å². The number of pyridine rings is 1. The fourth-order valence-corrected chi connectivity index (χ4v) is 5.63. The highest BCUT2D eigenvalue weighted by molar-refractivity contribution is 7.78. The van der Waals surface area contributed by atoms with Crippen LogP contribution in [0.3, 0.4) is 0 Å². The van der Waals surface area contributed by atoms with E-state index >= 15 is 0 Å². The molecule has 0 unspecified atom stereocenters. The molecule has 0 N–H and O–H groups in total. The van der Waals surface area contributed by atoms with Gasteiger partial charge in [0.2, 0.25) is 0 Å². The molecule has 3 aromatic rings. The summed E-state index contributed by atoms with van der Waals surface area (Å²) in [4.78, 5) is 4.36. The van der Waals surface area contributed by atoms with E-state index in [-0.39, 0.29) is 0 Å². The summed E-state index contributed by atoms with van der Waals surface area (Å²) < 4.78 is 19.5. The van der Waals surface area contributed by atoms with Crippen LogP contribution >= 0.6 is 7.14 Å². The summed E-state index contributed by atoms with van der Waals surface area (Å²) in [5, 5.41) is 1.63. The number of methoxy groups -OCH3 is 1. The highest BCUT2D eigenvalue weighted by atomic mass is 31.2. The second-order valence-corrected chi connectivity index (χ2v) is 8.47. The third kappa shape index (κ3) is 3.42. The molecule has 0 amide bonds. The first kappa shape index (κ1) is 16.5. The van der Waals surface area contributed by atoms with Crippen LogP contribution in [-0.2, 0) is 11.0 Å². The Morgan fingerprint density at radius 2 is 1.62 bits per heavy atom. The first-order chi connectivity index (χ1) is 11.7. The van der Waals surface area contributed by atoms with Crippen molar-refractivity contribution in [1.82, 2.24) is 4.98 Å². The molecule has 0 aliphatic rings. The minimum Gasteiger partial charge on any atom is -0.496 e. The molecule has 3 nitrogen and oxygen atoms in total. The highest BCUT2D eigenvalue weighted by Gasteiger charge is 2.30. The van der Waals surface area contributed by atoms with Crippen molar-refractivity contribution in [2.75, 3.05) is 13.3 Å². The fraction of sp³-hybridized carbons (Fsp3) is 0.150. The van der Waals surface area contributed by atoms with E-state index in [0.717, 1.165) is 16.3 Å². The van der Waals surface area contributed by atoms with Crippen LogP contribution in [0.25, 0.3) is 0 Å². The summed E-state index contributed by atoms with van der Waals surface area (Å²) in [6.45, 7) is 0. The largest absolute Gasteiger partial charge is 0.496 e. The first-order valence-corrected chi connectivity index (χ1v) is 9.81. The monoisotopic (exact) mass is 337 g/mol. The summed E-state index contributed by atoms with van der Waals surface area (Å²) in [5.74, 6) is 0.672. The average molecular weight is 337 g/mol. The Morgan fingerprint density at radius 1 is 0.917 bits per heavy atom. The van der Waals surface area contributed by atoms with Gasteiger partial charge in [-0.25, -0.2) is 0 Å². The summed E-state index contributed by atoms with van der Waals surface area (Å²) in [6.07, 6.45) is 2.95. The predicted octanol–water partition coefficient (Wildman–Crippen LogP) is 3.65. The number of hydrogen-bond donors (Lipinski definition) is 0. The van der Waals surface area contributed by atoms with E-state index in [2.05, 4.69) is 4.98 Å². The van der Waals surface area contributed by atoms with Crippen LogP contribution in [0, 0.1) is 0 Å². The van der Waals surface area contributed by atoms with Crippen molar-refractivity contribution < 1.29 is 9.30 Å². The quantitative estimate of drug-likeness (QED) is 0.645. The Morgan fingerprint density at radius 3 is 2.33 bits per heavy atom. The van der Waals surface area contributed by atoms with Crippen LogP contribution in [0.15, 0.2) is 79.0 Å². The molecule has 122 valence electrons. The Hall–Kier alpha value is -2.38. The molecule has 0 aliphatic heterocycles. The number of ether oxygens (including phenoxy) is 1. The summed E-state index contributed by atoms with van der Waals surface area (Å²) in [6, 6.07) is 23.1. The molecule has 0 fully saturated rings. The number of benzene rings is 2. The lowest BCUT2D eigenvalue weighted by molar-refractivity contribution is 0.418. The van der Waals surface area contributed by atoms with Gasteiger partial charge in [0.15, 0.2) is 0 Å². The number of rotatable bonds is 6. The topological polar surface area (TPSA) is 39.2 Å². The van der Waals surface area contributed by atoms with E-state index in [1.54, 1.807) is 13.3 Å². The van der Waals surface area contributed by atoms with Crippen molar-refractivity contribution in [2.45, 2.75) is 6.42 Å². The fourth-order valence-electron chi connectivity index (χ4n) is 2.80.